The summed E-state index contributed by atoms with van der Waals surface area (Å²) in [6, 6.07) is 21.8. The van der Waals surface area contributed by atoms with E-state index in [-0.39, 0.29) is 11.9 Å². The van der Waals surface area contributed by atoms with E-state index in [1.165, 1.54) is 0 Å². The largest absolute Gasteiger partial charge is 0.466 e. The molecular formula is C21H21NO2. The maximum absolute atomic E-state index is 13.0. The SMILES string of the molecule is Cc1cc(C(=O)N(C)C(c2ccccc2)c2ccccc2)c(C)o1. The van der Waals surface area contributed by atoms with E-state index in [1.807, 2.05) is 57.3 Å². The maximum atomic E-state index is 13.0. The first-order chi connectivity index (χ1) is 11.6. The van der Waals surface area contributed by atoms with Gasteiger partial charge in [-0.25, -0.2) is 0 Å². The summed E-state index contributed by atoms with van der Waals surface area (Å²) in [5.41, 5.74) is 2.78. The van der Waals surface area contributed by atoms with Crippen LogP contribution in [0.25, 0.3) is 0 Å². The van der Waals surface area contributed by atoms with Crippen molar-refractivity contribution in [2.45, 2.75) is 19.9 Å². The first kappa shape index (κ1) is 16.1. The van der Waals surface area contributed by atoms with E-state index in [0.717, 1.165) is 16.9 Å². The van der Waals surface area contributed by atoms with Crippen molar-refractivity contribution in [1.29, 1.82) is 0 Å². The van der Waals surface area contributed by atoms with Crippen molar-refractivity contribution in [2.75, 3.05) is 7.05 Å². The van der Waals surface area contributed by atoms with Crippen LogP contribution in [0.1, 0.15) is 39.0 Å². The summed E-state index contributed by atoms with van der Waals surface area (Å²) in [6.07, 6.45) is 0. The number of nitrogens with zero attached hydrogens (tertiary/aromatic N) is 1. The minimum absolute atomic E-state index is 0.0398. The molecule has 122 valence electrons. The summed E-state index contributed by atoms with van der Waals surface area (Å²) >= 11 is 0. The van der Waals surface area contributed by atoms with Gasteiger partial charge in [0, 0.05) is 7.05 Å². The van der Waals surface area contributed by atoms with Gasteiger partial charge in [-0.3, -0.25) is 4.79 Å². The van der Waals surface area contributed by atoms with E-state index >= 15 is 0 Å². The summed E-state index contributed by atoms with van der Waals surface area (Å²) in [5.74, 6) is 1.37. The van der Waals surface area contributed by atoms with Crippen molar-refractivity contribution in [2.24, 2.45) is 0 Å². The summed E-state index contributed by atoms with van der Waals surface area (Å²) in [5, 5.41) is 0. The Morgan fingerprint density at radius 1 is 0.917 bits per heavy atom. The van der Waals surface area contributed by atoms with Crippen LogP contribution in [-0.2, 0) is 0 Å². The molecule has 0 aliphatic rings. The first-order valence-electron chi connectivity index (χ1n) is 8.02. The van der Waals surface area contributed by atoms with Crippen LogP contribution in [-0.4, -0.2) is 17.9 Å². The van der Waals surface area contributed by atoms with Crippen molar-refractivity contribution < 1.29 is 9.21 Å². The van der Waals surface area contributed by atoms with E-state index in [9.17, 15) is 4.79 Å². The van der Waals surface area contributed by atoms with Crippen LogP contribution in [0.2, 0.25) is 0 Å². The second-order valence-corrected chi connectivity index (χ2v) is 5.97. The minimum Gasteiger partial charge on any atom is -0.466 e. The topological polar surface area (TPSA) is 33.5 Å². The second-order valence-electron chi connectivity index (χ2n) is 5.97. The Morgan fingerprint density at radius 3 is 1.83 bits per heavy atom. The maximum Gasteiger partial charge on any atom is 0.257 e. The Morgan fingerprint density at radius 2 is 1.42 bits per heavy atom. The van der Waals surface area contributed by atoms with Gasteiger partial charge in [0.05, 0.1) is 11.6 Å². The number of furan rings is 1. The predicted molar refractivity (Wildman–Crippen MR) is 95.0 cm³/mol. The zero-order valence-corrected chi connectivity index (χ0v) is 14.2. The fourth-order valence-corrected chi connectivity index (χ4v) is 3.06. The second kappa shape index (κ2) is 6.75. The average molecular weight is 319 g/mol. The van der Waals surface area contributed by atoms with Crippen molar-refractivity contribution >= 4 is 5.91 Å². The molecule has 1 amide bonds. The van der Waals surface area contributed by atoms with Gasteiger partial charge in [0.2, 0.25) is 0 Å². The zero-order chi connectivity index (χ0) is 17.1. The van der Waals surface area contributed by atoms with Crippen molar-refractivity contribution in [3.8, 4) is 0 Å². The first-order valence-corrected chi connectivity index (χ1v) is 8.02. The summed E-state index contributed by atoms with van der Waals surface area (Å²) in [6.45, 7) is 3.68. The van der Waals surface area contributed by atoms with Crippen LogP contribution in [0.4, 0.5) is 0 Å². The third-order valence-corrected chi connectivity index (χ3v) is 4.21. The molecule has 0 spiro atoms. The van der Waals surface area contributed by atoms with Crippen molar-refractivity contribution in [3.05, 3.63) is 94.9 Å². The summed E-state index contributed by atoms with van der Waals surface area (Å²) in [7, 11) is 1.84. The van der Waals surface area contributed by atoms with E-state index < -0.39 is 0 Å². The fraction of sp³-hybridized carbons (Fsp3) is 0.190. The Labute approximate surface area is 142 Å². The molecule has 3 heteroatoms. The molecule has 0 aliphatic carbocycles. The zero-order valence-electron chi connectivity index (χ0n) is 14.2. The highest BCUT2D eigenvalue weighted by Gasteiger charge is 2.26. The van der Waals surface area contributed by atoms with Gasteiger partial charge in [-0.15, -0.1) is 0 Å². The Hall–Kier alpha value is -2.81. The van der Waals surface area contributed by atoms with Crippen molar-refractivity contribution in [3.63, 3.8) is 0 Å². The standard InChI is InChI=1S/C21H21NO2/c1-15-14-19(16(2)24-15)21(23)22(3)20(17-10-6-4-7-11-17)18-12-8-5-9-13-18/h4-14,20H,1-3H3. The average Bonchev–Trinajstić information content (AvgIpc) is 2.94. The quantitative estimate of drug-likeness (QED) is 0.695. The van der Waals surface area contributed by atoms with Gasteiger partial charge in [0.1, 0.15) is 11.5 Å². The van der Waals surface area contributed by atoms with Crippen LogP contribution < -0.4 is 0 Å². The molecule has 3 aromatic rings. The molecule has 0 bridgehead atoms. The molecule has 0 saturated heterocycles. The van der Waals surface area contributed by atoms with Gasteiger partial charge in [-0.2, -0.15) is 0 Å². The van der Waals surface area contributed by atoms with E-state index in [0.29, 0.717) is 11.3 Å². The number of amides is 1. The molecule has 24 heavy (non-hydrogen) atoms. The molecule has 0 fully saturated rings. The number of hydrogen-bond donors (Lipinski definition) is 0. The molecule has 0 N–H and O–H groups in total. The van der Waals surface area contributed by atoms with E-state index in [4.69, 9.17) is 4.42 Å². The molecule has 0 atom stereocenters. The van der Waals surface area contributed by atoms with Gasteiger partial charge in [0.25, 0.3) is 5.91 Å². The number of rotatable bonds is 4. The molecule has 2 aromatic carbocycles. The van der Waals surface area contributed by atoms with Gasteiger partial charge in [-0.1, -0.05) is 60.7 Å². The number of hydrogen-bond acceptors (Lipinski definition) is 2. The van der Waals surface area contributed by atoms with Crippen LogP contribution in [0.3, 0.4) is 0 Å². The molecule has 3 rings (SSSR count). The van der Waals surface area contributed by atoms with Crippen LogP contribution in [0.5, 0.6) is 0 Å². The normalized spacial score (nSPS) is 10.8. The Bertz CT molecular complexity index is 782. The lowest BCUT2D eigenvalue weighted by Crippen LogP contribution is -2.32. The molecule has 0 radical (unpaired) electrons. The lowest BCUT2D eigenvalue weighted by Gasteiger charge is -2.29. The predicted octanol–water partition coefficient (Wildman–Crippen LogP) is 4.76. The monoisotopic (exact) mass is 319 g/mol. The van der Waals surface area contributed by atoms with Gasteiger partial charge in [0.15, 0.2) is 0 Å². The molecule has 0 unspecified atom stereocenters. The summed E-state index contributed by atoms with van der Waals surface area (Å²) < 4.78 is 5.53. The molecule has 0 saturated carbocycles. The molecule has 1 aromatic heterocycles. The van der Waals surface area contributed by atoms with E-state index in [1.54, 1.807) is 11.0 Å². The highest BCUT2D eigenvalue weighted by molar-refractivity contribution is 5.95. The third-order valence-electron chi connectivity index (χ3n) is 4.21. The Kier molecular flexibility index (Phi) is 4.52. The van der Waals surface area contributed by atoms with Crippen LogP contribution >= 0.6 is 0 Å². The van der Waals surface area contributed by atoms with E-state index in [2.05, 4.69) is 24.3 Å². The molecule has 3 nitrogen and oxygen atoms in total. The van der Waals surface area contributed by atoms with Gasteiger partial charge >= 0.3 is 0 Å². The number of benzene rings is 2. The lowest BCUT2D eigenvalue weighted by atomic mass is 9.97. The third kappa shape index (κ3) is 3.11. The number of carbonyl (C=O) groups is 1. The molecule has 1 heterocycles. The molecule has 0 aliphatic heterocycles. The summed E-state index contributed by atoms with van der Waals surface area (Å²) in [4.78, 5) is 14.8. The van der Waals surface area contributed by atoms with Crippen molar-refractivity contribution in [1.82, 2.24) is 4.90 Å². The Balaban J connectivity index is 2.02. The lowest BCUT2D eigenvalue weighted by molar-refractivity contribution is 0.0753. The highest BCUT2D eigenvalue weighted by atomic mass is 16.3. The highest BCUT2D eigenvalue weighted by Crippen LogP contribution is 2.29. The minimum atomic E-state index is -0.144. The smallest absolute Gasteiger partial charge is 0.257 e. The molecular weight excluding hydrogens is 298 g/mol. The van der Waals surface area contributed by atoms with Crippen LogP contribution in [0, 0.1) is 13.8 Å². The number of aryl methyl sites for hydroxylation is 2. The number of carbonyl (C=O) groups excluding carboxylic acids is 1. The van der Waals surface area contributed by atoms with Gasteiger partial charge < -0.3 is 9.32 Å². The van der Waals surface area contributed by atoms with Crippen LogP contribution in [0.15, 0.2) is 71.1 Å². The fourth-order valence-electron chi connectivity index (χ4n) is 3.06. The van der Waals surface area contributed by atoms with Gasteiger partial charge in [-0.05, 0) is 31.0 Å².